The summed E-state index contributed by atoms with van der Waals surface area (Å²) in [6, 6.07) is 2.03. The van der Waals surface area contributed by atoms with Gasteiger partial charge in [-0.25, -0.2) is 12.8 Å². The van der Waals surface area contributed by atoms with Crippen molar-refractivity contribution >= 4 is 9.84 Å². The topological polar surface area (TPSA) is 47.0 Å². The first kappa shape index (κ1) is 8.13. The van der Waals surface area contributed by atoms with Gasteiger partial charge in [0.25, 0.3) is 0 Å². The first-order valence-electron chi connectivity index (χ1n) is 2.73. The van der Waals surface area contributed by atoms with Crippen LogP contribution in [0.3, 0.4) is 0 Å². The summed E-state index contributed by atoms with van der Waals surface area (Å²) in [7, 11) is -3.38. The molecule has 1 aromatic rings. The zero-order valence-corrected chi connectivity index (χ0v) is 6.52. The maximum absolute atomic E-state index is 12.3. The highest BCUT2D eigenvalue weighted by Gasteiger charge is 2.07. The highest BCUT2D eigenvalue weighted by Crippen LogP contribution is 2.06. The summed E-state index contributed by atoms with van der Waals surface area (Å²) in [4.78, 5) is 3.14. The number of sulfone groups is 1. The van der Waals surface area contributed by atoms with Gasteiger partial charge >= 0.3 is 0 Å². The van der Waals surface area contributed by atoms with Gasteiger partial charge in [0.1, 0.15) is 0 Å². The van der Waals surface area contributed by atoms with Crippen molar-refractivity contribution in [2.45, 2.75) is 4.90 Å². The monoisotopic (exact) mass is 174 g/mol. The van der Waals surface area contributed by atoms with Crippen LogP contribution >= 0.6 is 0 Å². The van der Waals surface area contributed by atoms with Gasteiger partial charge in [-0.05, 0) is 0 Å². The van der Waals surface area contributed by atoms with E-state index in [-0.39, 0.29) is 4.90 Å². The highest BCUT2D eigenvalue weighted by atomic mass is 32.2. The van der Waals surface area contributed by atoms with Crippen LogP contribution in [-0.4, -0.2) is 19.7 Å². The standard InChI is InChI=1S/C6H5FNO2S/c1-11(9,10)6-2-5(7)3-8-4-6/h3-4H,1H3. The average Bonchev–Trinajstić information content (AvgIpc) is 1.86. The molecule has 1 aromatic heterocycles. The predicted molar refractivity (Wildman–Crippen MR) is 36.1 cm³/mol. The molecule has 1 heterocycles. The molecule has 0 aliphatic carbocycles. The average molecular weight is 174 g/mol. The van der Waals surface area contributed by atoms with Crippen LogP contribution in [0.25, 0.3) is 0 Å². The summed E-state index contributed by atoms with van der Waals surface area (Å²) in [5.74, 6) is -0.770. The van der Waals surface area contributed by atoms with Crippen molar-refractivity contribution in [1.82, 2.24) is 4.98 Å². The maximum Gasteiger partial charge on any atom is 0.177 e. The Kier molecular flexibility index (Phi) is 1.90. The van der Waals surface area contributed by atoms with Crippen LogP contribution in [0.1, 0.15) is 0 Å². The van der Waals surface area contributed by atoms with Gasteiger partial charge in [0.2, 0.25) is 0 Å². The molecule has 0 aromatic carbocycles. The molecule has 11 heavy (non-hydrogen) atoms. The molecule has 0 bridgehead atoms. The number of pyridine rings is 1. The first-order chi connectivity index (χ1) is 5.00. The van der Waals surface area contributed by atoms with Gasteiger partial charge in [-0.1, -0.05) is 0 Å². The second-order valence-electron chi connectivity index (χ2n) is 2.02. The van der Waals surface area contributed by atoms with Crippen LogP contribution in [-0.2, 0) is 9.84 Å². The van der Waals surface area contributed by atoms with E-state index < -0.39 is 15.7 Å². The van der Waals surface area contributed by atoms with Crippen molar-refractivity contribution in [3.63, 3.8) is 0 Å². The van der Waals surface area contributed by atoms with Crippen LogP contribution in [0, 0.1) is 11.9 Å². The summed E-state index contributed by atoms with van der Waals surface area (Å²) in [6.07, 6.45) is 2.92. The predicted octanol–water partition coefficient (Wildman–Crippen LogP) is 0.424. The molecule has 0 N–H and O–H groups in total. The van der Waals surface area contributed by atoms with Crippen LogP contribution in [0.2, 0.25) is 0 Å². The lowest BCUT2D eigenvalue weighted by Gasteiger charge is -1.94. The minimum absolute atomic E-state index is 0.225. The third-order valence-electron chi connectivity index (χ3n) is 1.02. The van der Waals surface area contributed by atoms with Gasteiger partial charge in [-0.3, -0.25) is 4.98 Å². The van der Waals surface area contributed by atoms with E-state index in [1.807, 2.05) is 6.07 Å². The van der Waals surface area contributed by atoms with Gasteiger partial charge in [0, 0.05) is 18.5 Å². The summed E-state index contributed by atoms with van der Waals surface area (Å²) < 4.78 is 33.8. The van der Waals surface area contributed by atoms with E-state index in [1.165, 1.54) is 0 Å². The van der Waals surface area contributed by atoms with Crippen molar-refractivity contribution in [3.05, 3.63) is 24.3 Å². The molecular weight excluding hydrogens is 169 g/mol. The van der Waals surface area contributed by atoms with Gasteiger partial charge in [0.15, 0.2) is 15.7 Å². The van der Waals surface area contributed by atoms with Gasteiger partial charge < -0.3 is 0 Å². The van der Waals surface area contributed by atoms with Crippen molar-refractivity contribution in [2.75, 3.05) is 6.26 Å². The van der Waals surface area contributed by atoms with Crippen molar-refractivity contribution in [3.8, 4) is 0 Å². The van der Waals surface area contributed by atoms with E-state index in [1.54, 1.807) is 0 Å². The van der Waals surface area contributed by atoms with Gasteiger partial charge in [-0.2, -0.15) is 0 Å². The summed E-state index contributed by atoms with van der Waals surface area (Å²) in [5.41, 5.74) is 0. The molecule has 1 radical (unpaired) electrons. The lowest BCUT2D eigenvalue weighted by Crippen LogP contribution is -1.98. The van der Waals surface area contributed by atoms with E-state index in [2.05, 4.69) is 4.98 Å². The Bertz CT molecular complexity index is 361. The van der Waals surface area contributed by atoms with Crippen molar-refractivity contribution in [1.29, 1.82) is 0 Å². The van der Waals surface area contributed by atoms with E-state index in [9.17, 15) is 12.8 Å². The van der Waals surface area contributed by atoms with Crippen LogP contribution in [0.15, 0.2) is 17.3 Å². The van der Waals surface area contributed by atoms with E-state index in [0.29, 0.717) is 0 Å². The molecule has 0 saturated heterocycles. The van der Waals surface area contributed by atoms with Crippen LogP contribution in [0.4, 0.5) is 4.39 Å². The molecule has 0 aliphatic heterocycles. The molecule has 59 valence electrons. The number of hydrogen-bond acceptors (Lipinski definition) is 3. The lowest BCUT2D eigenvalue weighted by molar-refractivity contribution is 0.591. The molecule has 5 heteroatoms. The Morgan fingerprint density at radius 1 is 1.55 bits per heavy atom. The Morgan fingerprint density at radius 3 is 2.55 bits per heavy atom. The Morgan fingerprint density at radius 2 is 2.18 bits per heavy atom. The second kappa shape index (κ2) is 2.58. The van der Waals surface area contributed by atoms with E-state index in [0.717, 1.165) is 18.6 Å². The zero-order chi connectivity index (χ0) is 8.48. The number of halogens is 1. The fourth-order valence-electron chi connectivity index (χ4n) is 0.541. The molecule has 0 amide bonds. The molecule has 0 atom stereocenters. The minimum Gasteiger partial charge on any atom is -0.260 e. The number of aromatic nitrogens is 1. The lowest BCUT2D eigenvalue weighted by atomic mass is 10.5. The Labute approximate surface area is 63.8 Å². The molecule has 0 fully saturated rings. The number of rotatable bonds is 1. The molecule has 0 aliphatic rings. The molecule has 1 rings (SSSR count). The normalized spacial score (nSPS) is 11.5. The quantitative estimate of drug-likeness (QED) is 0.620. The third-order valence-corrected chi connectivity index (χ3v) is 2.03. The van der Waals surface area contributed by atoms with Crippen molar-refractivity contribution < 1.29 is 12.8 Å². The van der Waals surface area contributed by atoms with E-state index >= 15 is 0 Å². The van der Waals surface area contributed by atoms with E-state index in [4.69, 9.17) is 0 Å². The molecular formula is C6H5FNO2S. The Balaban J connectivity index is 3.28. The molecule has 0 saturated carbocycles. The van der Waals surface area contributed by atoms with Crippen molar-refractivity contribution in [2.24, 2.45) is 0 Å². The molecule has 3 nitrogen and oxygen atoms in total. The summed E-state index contributed by atoms with van der Waals surface area (Å²) in [5, 5.41) is 0. The summed E-state index contributed by atoms with van der Waals surface area (Å²) in [6.45, 7) is 0. The SMILES string of the molecule is CS(=O)(=O)c1[c]c(F)cnc1. The molecule has 0 spiro atoms. The van der Waals surface area contributed by atoms with Gasteiger partial charge in [0.05, 0.1) is 11.1 Å². The molecule has 0 unspecified atom stereocenters. The highest BCUT2D eigenvalue weighted by molar-refractivity contribution is 7.90. The number of hydrogen-bond donors (Lipinski definition) is 0. The third kappa shape index (κ3) is 1.98. The smallest absolute Gasteiger partial charge is 0.177 e. The first-order valence-corrected chi connectivity index (χ1v) is 4.62. The number of nitrogens with zero attached hydrogens (tertiary/aromatic N) is 1. The van der Waals surface area contributed by atoms with Crippen LogP contribution in [0.5, 0.6) is 0 Å². The largest absolute Gasteiger partial charge is 0.260 e. The van der Waals surface area contributed by atoms with Gasteiger partial charge in [-0.15, -0.1) is 0 Å². The summed E-state index contributed by atoms with van der Waals surface area (Å²) >= 11 is 0. The Hall–Kier alpha value is -0.970. The maximum atomic E-state index is 12.3. The van der Waals surface area contributed by atoms with Crippen LogP contribution < -0.4 is 0 Å². The second-order valence-corrected chi connectivity index (χ2v) is 4.00. The zero-order valence-electron chi connectivity index (χ0n) is 5.70. The minimum atomic E-state index is -3.38. The fraction of sp³-hybridized carbons (Fsp3) is 0.167. The fourth-order valence-corrected chi connectivity index (χ4v) is 1.08.